The molecule has 8 rings (SSSR count). The molecule has 50 heavy (non-hydrogen) atoms. The highest BCUT2D eigenvalue weighted by Gasteiger charge is 2.10. The van der Waals surface area contributed by atoms with Crippen LogP contribution in [0.4, 0.5) is 21.6 Å². The van der Waals surface area contributed by atoms with Crippen molar-refractivity contribution in [2.75, 3.05) is 10.9 Å². The maximum Gasteiger partial charge on any atom is 0.236 e. The molecule has 8 aromatic rings. The minimum atomic E-state index is 0.288. The number of rotatable bonds is 9. The van der Waals surface area contributed by atoms with Crippen LogP contribution in [-0.4, -0.2) is 21.6 Å². The third-order valence-electron chi connectivity index (χ3n) is 7.17. The van der Waals surface area contributed by atoms with Gasteiger partial charge in [0.05, 0.1) is 44.3 Å². The van der Waals surface area contributed by atoms with Gasteiger partial charge in [-0.15, -0.1) is 30.7 Å². The maximum absolute atomic E-state index is 5.54. The fourth-order valence-electron chi connectivity index (χ4n) is 4.76. The maximum atomic E-state index is 5.54. The van der Waals surface area contributed by atoms with E-state index in [0.717, 1.165) is 31.6 Å². The van der Waals surface area contributed by atoms with Crippen molar-refractivity contribution in [1.29, 1.82) is 0 Å². The molecule has 12 nitrogen and oxygen atoms in total. The van der Waals surface area contributed by atoms with Gasteiger partial charge >= 0.3 is 0 Å². The molecule has 0 atom stereocenters. The van der Waals surface area contributed by atoms with E-state index in [1.54, 1.807) is 36.8 Å². The summed E-state index contributed by atoms with van der Waals surface area (Å²) in [6, 6.07) is 38.3. The third kappa shape index (κ3) is 7.11. The normalized spacial score (nSPS) is 12.5. The second-order valence-electron chi connectivity index (χ2n) is 10.5. The average Bonchev–Trinajstić information content (AvgIpc) is 3.99. The number of para-hydroxylation sites is 2. The molecule has 242 valence electrons. The molecule has 0 saturated carbocycles. The summed E-state index contributed by atoms with van der Waals surface area (Å²) >= 11 is 3.00. The van der Waals surface area contributed by atoms with E-state index in [9.17, 15) is 0 Å². The van der Waals surface area contributed by atoms with E-state index < -0.39 is 0 Å². The van der Waals surface area contributed by atoms with Gasteiger partial charge in [-0.1, -0.05) is 71.2 Å². The lowest BCUT2D eigenvalue weighted by Gasteiger charge is -2.03. The first-order chi connectivity index (χ1) is 24.7. The molecule has 0 amide bonds. The number of furan rings is 2. The molecule has 0 aliphatic heterocycles. The fraction of sp³-hybridized carbons (Fsp3) is 0. The topological polar surface area (TPSA) is 150 Å². The molecule has 4 aromatic carbocycles. The number of hydrogen-bond donors (Lipinski definition) is 2. The van der Waals surface area contributed by atoms with E-state index in [4.69, 9.17) is 8.83 Å². The van der Waals surface area contributed by atoms with E-state index in [-0.39, 0.29) is 11.7 Å². The lowest BCUT2D eigenvalue weighted by Crippen LogP contribution is -1.99. The number of anilines is 2. The SMILES string of the molecule is c1coc(/C(N=Nc2ccc(-c3ccc(N=N/C(=N/Nc4nc5ccccc5s4)c4ccco4)cc3)cc2)=N/Nc2nc3ccccc3s2)c1. The lowest BCUT2D eigenvalue weighted by atomic mass is 10.1. The highest BCUT2D eigenvalue weighted by molar-refractivity contribution is 7.22. The van der Waals surface area contributed by atoms with E-state index in [1.165, 1.54) is 22.7 Å². The predicted octanol–water partition coefficient (Wildman–Crippen LogP) is 10.9. The summed E-state index contributed by atoms with van der Waals surface area (Å²) in [4.78, 5) is 9.11. The minimum absolute atomic E-state index is 0.288. The number of nitrogens with zero attached hydrogens (tertiary/aromatic N) is 8. The molecule has 0 unspecified atom stereocenters. The van der Waals surface area contributed by atoms with Crippen LogP contribution >= 0.6 is 22.7 Å². The zero-order valence-electron chi connectivity index (χ0n) is 25.9. The molecule has 0 aliphatic rings. The second kappa shape index (κ2) is 14.2. The number of thiazole rings is 2. The highest BCUT2D eigenvalue weighted by Crippen LogP contribution is 2.28. The van der Waals surface area contributed by atoms with E-state index in [0.29, 0.717) is 33.2 Å². The first-order valence-electron chi connectivity index (χ1n) is 15.2. The monoisotopic (exact) mass is 692 g/mol. The number of benzene rings is 4. The molecule has 0 radical (unpaired) electrons. The molecular formula is C36H24N10O2S2. The van der Waals surface area contributed by atoms with Crippen LogP contribution in [0.1, 0.15) is 11.5 Å². The van der Waals surface area contributed by atoms with Gasteiger partial charge in [0.2, 0.25) is 21.9 Å². The zero-order valence-corrected chi connectivity index (χ0v) is 27.5. The van der Waals surface area contributed by atoms with Crippen molar-refractivity contribution in [1.82, 2.24) is 9.97 Å². The van der Waals surface area contributed by atoms with Crippen LogP contribution < -0.4 is 10.9 Å². The Balaban J connectivity index is 0.944. The molecule has 4 aromatic heterocycles. The molecule has 0 spiro atoms. The minimum Gasteiger partial charge on any atom is -0.461 e. The van der Waals surface area contributed by atoms with Crippen LogP contribution in [-0.2, 0) is 0 Å². The Morgan fingerprint density at radius 3 is 1.34 bits per heavy atom. The van der Waals surface area contributed by atoms with Gasteiger partial charge in [-0.2, -0.15) is 0 Å². The highest BCUT2D eigenvalue weighted by atomic mass is 32.1. The van der Waals surface area contributed by atoms with Crippen LogP contribution in [0.5, 0.6) is 0 Å². The van der Waals surface area contributed by atoms with Crippen LogP contribution in [0.25, 0.3) is 31.6 Å². The third-order valence-corrected chi connectivity index (χ3v) is 9.06. The van der Waals surface area contributed by atoms with Crippen LogP contribution in [0, 0.1) is 0 Å². The predicted molar refractivity (Wildman–Crippen MR) is 198 cm³/mol. The quantitative estimate of drug-likeness (QED) is 0.0665. The molecular weight excluding hydrogens is 669 g/mol. The van der Waals surface area contributed by atoms with Crippen molar-refractivity contribution >= 4 is 76.4 Å². The Morgan fingerprint density at radius 2 is 0.940 bits per heavy atom. The summed E-state index contributed by atoms with van der Waals surface area (Å²) in [6.45, 7) is 0. The molecule has 14 heteroatoms. The Labute approximate surface area is 292 Å². The van der Waals surface area contributed by atoms with E-state index >= 15 is 0 Å². The lowest BCUT2D eigenvalue weighted by molar-refractivity contribution is 0.556. The van der Waals surface area contributed by atoms with E-state index in [2.05, 4.69) is 51.5 Å². The van der Waals surface area contributed by atoms with E-state index in [1.807, 2.05) is 97.1 Å². The first-order valence-corrected chi connectivity index (χ1v) is 16.9. The zero-order chi connectivity index (χ0) is 33.5. The Bertz CT molecular complexity index is 2240. The van der Waals surface area contributed by atoms with Gasteiger partial charge < -0.3 is 8.83 Å². The average molecular weight is 693 g/mol. The Morgan fingerprint density at radius 1 is 0.500 bits per heavy atom. The Hall–Kier alpha value is -6.64. The van der Waals surface area contributed by atoms with Crippen molar-refractivity contribution in [3.63, 3.8) is 0 Å². The smallest absolute Gasteiger partial charge is 0.236 e. The van der Waals surface area contributed by atoms with Crippen molar-refractivity contribution < 1.29 is 8.83 Å². The Kier molecular flexibility index (Phi) is 8.73. The van der Waals surface area contributed by atoms with Gasteiger partial charge in [-0.25, -0.2) is 9.97 Å². The van der Waals surface area contributed by atoms with Gasteiger partial charge in [-0.3, -0.25) is 10.9 Å². The first kappa shape index (κ1) is 30.7. The van der Waals surface area contributed by atoms with Gasteiger partial charge in [-0.05, 0) is 83.9 Å². The summed E-state index contributed by atoms with van der Waals surface area (Å²) in [5, 5.41) is 27.6. The van der Waals surface area contributed by atoms with Crippen molar-refractivity contribution in [2.24, 2.45) is 30.7 Å². The number of hydrazone groups is 2. The number of hydrogen-bond acceptors (Lipinski definition) is 12. The molecule has 0 bridgehead atoms. The van der Waals surface area contributed by atoms with Crippen LogP contribution in [0.3, 0.4) is 0 Å². The van der Waals surface area contributed by atoms with Gasteiger partial charge in [0.15, 0.2) is 11.5 Å². The number of azo groups is 2. The molecule has 0 fully saturated rings. The standard InChI is InChI=1S/C36H24N10O2S2/c1-3-11-31-27(7-1)37-35(49-31)45-43-33(29-9-5-21-47-29)41-39-25-17-13-23(14-18-25)24-15-19-26(20-16-24)40-42-34(30-10-6-22-48-30)44-46-36-38-28-8-2-4-12-32(28)50-36/h1-22H,(H,37,45)(H,38,46)/b41-39?,42-40?,43-33-,44-34+. The van der Waals surface area contributed by atoms with Crippen LogP contribution in [0.15, 0.2) is 173 Å². The van der Waals surface area contributed by atoms with Crippen LogP contribution in [0.2, 0.25) is 0 Å². The van der Waals surface area contributed by atoms with Gasteiger partial charge in [0, 0.05) is 0 Å². The molecule has 0 saturated heterocycles. The summed E-state index contributed by atoms with van der Waals surface area (Å²) < 4.78 is 13.2. The van der Waals surface area contributed by atoms with Crippen molar-refractivity contribution in [3.8, 4) is 11.1 Å². The van der Waals surface area contributed by atoms with Gasteiger partial charge in [0.1, 0.15) is 0 Å². The fourth-order valence-corrected chi connectivity index (χ4v) is 6.37. The molecule has 0 aliphatic carbocycles. The number of fused-ring (bicyclic) bond motifs is 2. The summed E-state index contributed by atoms with van der Waals surface area (Å²) in [7, 11) is 0. The van der Waals surface area contributed by atoms with Crippen molar-refractivity contribution in [2.45, 2.75) is 0 Å². The molecule has 4 heterocycles. The number of nitrogens with one attached hydrogen (secondary N) is 2. The summed E-state index contributed by atoms with van der Waals surface area (Å²) in [5.41, 5.74) is 11.1. The summed E-state index contributed by atoms with van der Waals surface area (Å²) in [5.74, 6) is 1.53. The number of aromatic nitrogens is 2. The number of amidine groups is 2. The summed E-state index contributed by atoms with van der Waals surface area (Å²) in [6.07, 6.45) is 3.13. The molecule has 2 N–H and O–H groups in total. The van der Waals surface area contributed by atoms with Gasteiger partial charge in [0.25, 0.3) is 0 Å². The second-order valence-corrected chi connectivity index (χ2v) is 12.6. The van der Waals surface area contributed by atoms with Crippen molar-refractivity contribution in [3.05, 3.63) is 145 Å². The largest absolute Gasteiger partial charge is 0.461 e.